The first-order chi connectivity index (χ1) is 5.68. The van der Waals surface area contributed by atoms with Crippen molar-refractivity contribution in [1.29, 1.82) is 0 Å². The van der Waals surface area contributed by atoms with Crippen molar-refractivity contribution < 1.29 is 4.79 Å². The second-order valence-corrected chi connectivity index (χ2v) is 3.74. The summed E-state index contributed by atoms with van der Waals surface area (Å²) in [5.74, 6) is 0.749. The number of hydrogen-bond acceptors (Lipinski definition) is 3. The zero-order valence-electron chi connectivity index (χ0n) is 7.20. The van der Waals surface area contributed by atoms with Crippen LogP contribution in [0.25, 0.3) is 0 Å². The molecule has 64 valence electrons. The van der Waals surface area contributed by atoms with Gasteiger partial charge in [-0.15, -0.1) is 0 Å². The fraction of sp³-hybridized carbons (Fsp3) is 0.333. The zero-order chi connectivity index (χ0) is 8.97. The van der Waals surface area contributed by atoms with E-state index in [0.29, 0.717) is 0 Å². The van der Waals surface area contributed by atoms with Crippen molar-refractivity contribution in [1.82, 2.24) is 4.98 Å². The first kappa shape index (κ1) is 9.26. The third-order valence-electron chi connectivity index (χ3n) is 1.40. The summed E-state index contributed by atoms with van der Waals surface area (Å²) >= 11 is 1.33. The van der Waals surface area contributed by atoms with Crippen molar-refractivity contribution in [3.63, 3.8) is 0 Å². The molecule has 0 unspecified atom stereocenters. The molecule has 0 fully saturated rings. The summed E-state index contributed by atoms with van der Waals surface area (Å²) in [5.41, 5.74) is 2.15. The van der Waals surface area contributed by atoms with Gasteiger partial charge in [0.1, 0.15) is 0 Å². The summed E-state index contributed by atoms with van der Waals surface area (Å²) in [4.78, 5) is 14.7. The Hall–Kier alpha value is -0.830. The monoisotopic (exact) mass is 181 g/mol. The predicted molar refractivity (Wildman–Crippen MR) is 51.0 cm³/mol. The molecule has 0 aliphatic rings. The third-order valence-corrected chi connectivity index (χ3v) is 2.29. The summed E-state index contributed by atoms with van der Waals surface area (Å²) < 4.78 is 0. The number of thioether (sulfide) groups is 1. The summed E-state index contributed by atoms with van der Waals surface area (Å²) in [5, 5.41) is 0.157. The molecule has 0 aliphatic heterocycles. The first-order valence-electron chi connectivity index (χ1n) is 3.73. The molecule has 0 saturated heterocycles. The Morgan fingerprint density at radius 3 is 3.00 bits per heavy atom. The van der Waals surface area contributed by atoms with Crippen molar-refractivity contribution in [2.24, 2.45) is 0 Å². The van der Waals surface area contributed by atoms with Gasteiger partial charge in [0, 0.05) is 24.6 Å². The fourth-order valence-electron chi connectivity index (χ4n) is 0.879. The zero-order valence-corrected chi connectivity index (χ0v) is 8.02. The molecular formula is C9H11NOS. The SMILES string of the molecule is CC(=O)SCc1ccnc(C)c1. The molecule has 0 amide bonds. The molecule has 0 saturated carbocycles. The van der Waals surface area contributed by atoms with Crippen LogP contribution < -0.4 is 0 Å². The molecule has 1 rings (SSSR count). The summed E-state index contributed by atoms with van der Waals surface area (Å²) in [7, 11) is 0. The number of carbonyl (C=O) groups is 1. The van der Waals surface area contributed by atoms with Crippen molar-refractivity contribution >= 4 is 16.9 Å². The number of carbonyl (C=O) groups excluding carboxylic acids is 1. The lowest BCUT2D eigenvalue weighted by molar-refractivity contribution is -0.109. The lowest BCUT2D eigenvalue weighted by Gasteiger charge is -1.98. The van der Waals surface area contributed by atoms with Gasteiger partial charge in [-0.2, -0.15) is 0 Å². The highest BCUT2D eigenvalue weighted by Crippen LogP contribution is 2.12. The maximum absolute atomic E-state index is 10.6. The molecule has 1 aromatic rings. The molecule has 2 nitrogen and oxygen atoms in total. The van der Waals surface area contributed by atoms with Crippen LogP contribution in [-0.2, 0) is 10.5 Å². The molecule has 0 atom stereocenters. The summed E-state index contributed by atoms with van der Waals surface area (Å²) in [6.45, 7) is 3.53. The standard InChI is InChI=1S/C9H11NOS/c1-7-5-9(3-4-10-7)6-12-8(2)11/h3-5H,6H2,1-2H3. The molecule has 0 aliphatic carbocycles. The Bertz CT molecular complexity index is 286. The highest BCUT2D eigenvalue weighted by molar-refractivity contribution is 8.12. The Labute approximate surface area is 76.4 Å². The van der Waals surface area contributed by atoms with Crippen molar-refractivity contribution in [3.8, 4) is 0 Å². The van der Waals surface area contributed by atoms with E-state index in [1.807, 2.05) is 19.1 Å². The van der Waals surface area contributed by atoms with E-state index in [0.717, 1.165) is 17.0 Å². The van der Waals surface area contributed by atoms with E-state index in [2.05, 4.69) is 4.98 Å². The van der Waals surface area contributed by atoms with E-state index in [-0.39, 0.29) is 5.12 Å². The molecule has 1 heterocycles. The van der Waals surface area contributed by atoms with Crippen molar-refractivity contribution in [2.75, 3.05) is 0 Å². The number of aromatic nitrogens is 1. The van der Waals surface area contributed by atoms with Gasteiger partial charge in [-0.25, -0.2) is 0 Å². The van der Waals surface area contributed by atoms with E-state index < -0.39 is 0 Å². The van der Waals surface area contributed by atoms with Gasteiger partial charge in [-0.1, -0.05) is 11.8 Å². The molecule has 1 aromatic heterocycles. The minimum atomic E-state index is 0.157. The summed E-state index contributed by atoms with van der Waals surface area (Å²) in [6.07, 6.45) is 1.77. The van der Waals surface area contributed by atoms with Crippen LogP contribution in [0.3, 0.4) is 0 Å². The Morgan fingerprint density at radius 1 is 1.67 bits per heavy atom. The number of rotatable bonds is 2. The van der Waals surface area contributed by atoms with Crippen LogP contribution in [0.2, 0.25) is 0 Å². The molecule has 0 spiro atoms. The second kappa shape index (κ2) is 4.26. The van der Waals surface area contributed by atoms with Gasteiger partial charge in [0.2, 0.25) is 0 Å². The van der Waals surface area contributed by atoms with Crippen LogP contribution in [0.1, 0.15) is 18.2 Å². The van der Waals surface area contributed by atoms with Gasteiger partial charge in [0.25, 0.3) is 0 Å². The van der Waals surface area contributed by atoms with Gasteiger partial charge >= 0.3 is 0 Å². The minimum absolute atomic E-state index is 0.157. The van der Waals surface area contributed by atoms with Crippen LogP contribution >= 0.6 is 11.8 Å². The highest BCUT2D eigenvalue weighted by Gasteiger charge is 1.96. The molecule has 0 aromatic carbocycles. The highest BCUT2D eigenvalue weighted by atomic mass is 32.2. The maximum atomic E-state index is 10.6. The fourth-order valence-corrected chi connectivity index (χ4v) is 1.43. The second-order valence-electron chi connectivity index (χ2n) is 2.59. The molecule has 3 heteroatoms. The number of aryl methyl sites for hydroxylation is 1. The van der Waals surface area contributed by atoms with Gasteiger partial charge in [-0.05, 0) is 24.6 Å². The molecular weight excluding hydrogens is 170 g/mol. The van der Waals surface area contributed by atoms with E-state index in [1.54, 1.807) is 13.1 Å². The van der Waals surface area contributed by atoms with Crippen LogP contribution in [0.4, 0.5) is 0 Å². The Kier molecular flexibility index (Phi) is 3.29. The van der Waals surface area contributed by atoms with Gasteiger partial charge in [0.05, 0.1) is 0 Å². The topological polar surface area (TPSA) is 30.0 Å². The van der Waals surface area contributed by atoms with E-state index >= 15 is 0 Å². The predicted octanol–water partition coefficient (Wildman–Crippen LogP) is 2.17. The minimum Gasteiger partial charge on any atom is -0.288 e. The van der Waals surface area contributed by atoms with E-state index in [1.165, 1.54) is 11.8 Å². The number of pyridine rings is 1. The van der Waals surface area contributed by atoms with Crippen LogP contribution in [0.5, 0.6) is 0 Å². The molecule has 12 heavy (non-hydrogen) atoms. The van der Waals surface area contributed by atoms with Crippen molar-refractivity contribution in [2.45, 2.75) is 19.6 Å². The number of hydrogen-bond donors (Lipinski definition) is 0. The largest absolute Gasteiger partial charge is 0.288 e. The smallest absolute Gasteiger partial charge is 0.186 e. The Balaban J connectivity index is 2.57. The van der Waals surface area contributed by atoms with Crippen LogP contribution in [0, 0.1) is 6.92 Å². The maximum Gasteiger partial charge on any atom is 0.186 e. The quantitative estimate of drug-likeness (QED) is 0.700. The average molecular weight is 181 g/mol. The average Bonchev–Trinajstić information content (AvgIpc) is 2.01. The van der Waals surface area contributed by atoms with Crippen LogP contribution in [0.15, 0.2) is 18.3 Å². The van der Waals surface area contributed by atoms with Gasteiger partial charge in [0.15, 0.2) is 5.12 Å². The van der Waals surface area contributed by atoms with E-state index in [9.17, 15) is 4.79 Å². The van der Waals surface area contributed by atoms with E-state index in [4.69, 9.17) is 0 Å². The third kappa shape index (κ3) is 3.05. The first-order valence-corrected chi connectivity index (χ1v) is 4.72. The molecule has 0 bridgehead atoms. The van der Waals surface area contributed by atoms with Gasteiger partial charge in [-0.3, -0.25) is 9.78 Å². The van der Waals surface area contributed by atoms with Gasteiger partial charge < -0.3 is 0 Å². The van der Waals surface area contributed by atoms with Crippen LogP contribution in [-0.4, -0.2) is 10.1 Å². The van der Waals surface area contributed by atoms with Crippen molar-refractivity contribution in [3.05, 3.63) is 29.6 Å². The Morgan fingerprint density at radius 2 is 2.42 bits per heavy atom. The summed E-state index contributed by atoms with van der Waals surface area (Å²) in [6, 6.07) is 3.93. The lowest BCUT2D eigenvalue weighted by Crippen LogP contribution is -1.87. The normalized spacial score (nSPS) is 9.83. The molecule has 0 N–H and O–H groups in total. The number of nitrogens with zero attached hydrogens (tertiary/aromatic N) is 1. The molecule has 0 radical (unpaired) electrons. The lowest BCUT2D eigenvalue weighted by atomic mass is 10.2.